The van der Waals surface area contributed by atoms with Crippen LogP contribution in [0, 0.1) is 0 Å². The van der Waals surface area contributed by atoms with Crippen molar-refractivity contribution in [2.75, 3.05) is 70.5 Å². The number of amides is 1. The maximum Gasteiger partial charge on any atom is 0.234 e. The van der Waals surface area contributed by atoms with Crippen LogP contribution in [0.2, 0.25) is 0 Å². The second-order valence-electron chi connectivity index (χ2n) is 7.97. The van der Waals surface area contributed by atoms with E-state index in [2.05, 4.69) is 33.9 Å². The maximum atomic E-state index is 12.4. The molecule has 0 aliphatic carbocycles. The lowest BCUT2D eigenvalue weighted by molar-refractivity contribution is -0.123. The number of phenolic OH excluding ortho intramolecular Hbond substituents is 1. The van der Waals surface area contributed by atoms with E-state index in [9.17, 15) is 9.90 Å². The van der Waals surface area contributed by atoms with E-state index in [1.54, 1.807) is 12.1 Å². The van der Waals surface area contributed by atoms with Crippen molar-refractivity contribution in [3.63, 3.8) is 0 Å². The fourth-order valence-electron chi connectivity index (χ4n) is 3.68. The number of hydrogen-bond donors (Lipinski definition) is 2. The van der Waals surface area contributed by atoms with E-state index >= 15 is 0 Å². The molecule has 0 bridgehead atoms. The molecule has 7 nitrogen and oxygen atoms in total. The Morgan fingerprint density at radius 1 is 1.07 bits per heavy atom. The van der Waals surface area contributed by atoms with Gasteiger partial charge in [0.1, 0.15) is 5.75 Å². The highest BCUT2D eigenvalue weighted by Gasteiger charge is 2.29. The van der Waals surface area contributed by atoms with E-state index in [1.807, 2.05) is 12.1 Å². The summed E-state index contributed by atoms with van der Waals surface area (Å²) in [6.07, 6.45) is 0. The van der Waals surface area contributed by atoms with Crippen LogP contribution in [0.4, 0.5) is 5.69 Å². The number of phenols is 1. The summed E-state index contributed by atoms with van der Waals surface area (Å²) in [6.45, 7) is 12.3. The summed E-state index contributed by atoms with van der Waals surface area (Å²) in [4.78, 5) is 19.3. The highest BCUT2D eigenvalue weighted by molar-refractivity contribution is 5.78. The highest BCUT2D eigenvalue weighted by atomic mass is 16.5. The first kappa shape index (κ1) is 19.9. The number of hydrogen-bond acceptors (Lipinski definition) is 6. The van der Waals surface area contributed by atoms with Gasteiger partial charge in [-0.05, 0) is 38.1 Å². The van der Waals surface area contributed by atoms with Gasteiger partial charge in [-0.2, -0.15) is 0 Å². The van der Waals surface area contributed by atoms with Crippen molar-refractivity contribution in [3.05, 3.63) is 24.3 Å². The normalized spacial score (nSPS) is 19.9. The van der Waals surface area contributed by atoms with Gasteiger partial charge in [0.2, 0.25) is 5.91 Å². The molecule has 7 heteroatoms. The van der Waals surface area contributed by atoms with Crippen molar-refractivity contribution in [2.45, 2.75) is 19.4 Å². The van der Waals surface area contributed by atoms with E-state index in [0.717, 1.165) is 58.2 Å². The number of benzene rings is 1. The molecule has 3 rings (SSSR count). The fourth-order valence-corrected chi connectivity index (χ4v) is 3.68. The van der Waals surface area contributed by atoms with Gasteiger partial charge >= 0.3 is 0 Å². The summed E-state index contributed by atoms with van der Waals surface area (Å²) in [6, 6.07) is 7.30. The quantitative estimate of drug-likeness (QED) is 0.763. The summed E-state index contributed by atoms with van der Waals surface area (Å²) in [7, 11) is 0. The molecule has 2 saturated heterocycles. The largest absolute Gasteiger partial charge is 0.508 e. The van der Waals surface area contributed by atoms with E-state index in [4.69, 9.17) is 4.74 Å². The third-order valence-electron chi connectivity index (χ3n) is 5.54. The van der Waals surface area contributed by atoms with Gasteiger partial charge in [-0.25, -0.2) is 0 Å². The molecule has 0 radical (unpaired) electrons. The summed E-state index contributed by atoms with van der Waals surface area (Å²) < 4.78 is 5.42. The third-order valence-corrected chi connectivity index (χ3v) is 5.54. The second kappa shape index (κ2) is 8.91. The minimum Gasteiger partial charge on any atom is -0.508 e. The van der Waals surface area contributed by atoms with Crippen molar-refractivity contribution in [1.29, 1.82) is 0 Å². The number of ether oxygens (including phenoxy) is 1. The number of carbonyl (C=O) groups excluding carboxylic acids is 1. The van der Waals surface area contributed by atoms with Crippen LogP contribution in [0.15, 0.2) is 24.3 Å². The molecule has 27 heavy (non-hydrogen) atoms. The number of rotatable bonds is 6. The van der Waals surface area contributed by atoms with Crippen molar-refractivity contribution < 1.29 is 14.6 Å². The molecule has 0 spiro atoms. The van der Waals surface area contributed by atoms with Gasteiger partial charge in [0.25, 0.3) is 0 Å². The first-order chi connectivity index (χ1) is 12.9. The Hall–Kier alpha value is -1.83. The molecule has 150 valence electrons. The molecule has 0 saturated carbocycles. The Morgan fingerprint density at radius 2 is 1.70 bits per heavy atom. The van der Waals surface area contributed by atoms with Crippen LogP contribution in [-0.4, -0.2) is 91.9 Å². The Bertz CT molecular complexity index is 606. The molecule has 2 N–H and O–H groups in total. The smallest absolute Gasteiger partial charge is 0.234 e. The Balaban J connectivity index is 1.39. The molecule has 0 aromatic heterocycles. The molecule has 2 aliphatic heterocycles. The van der Waals surface area contributed by atoms with Crippen molar-refractivity contribution in [2.24, 2.45) is 0 Å². The zero-order valence-electron chi connectivity index (χ0n) is 16.5. The van der Waals surface area contributed by atoms with E-state index < -0.39 is 0 Å². The monoisotopic (exact) mass is 376 g/mol. The number of nitrogens with one attached hydrogen (secondary N) is 1. The van der Waals surface area contributed by atoms with Crippen LogP contribution in [0.25, 0.3) is 0 Å². The van der Waals surface area contributed by atoms with Crippen LogP contribution in [-0.2, 0) is 9.53 Å². The fraction of sp³-hybridized carbons (Fsp3) is 0.650. The molecular weight excluding hydrogens is 344 g/mol. The lowest BCUT2D eigenvalue weighted by atomic mass is 10.0. The second-order valence-corrected chi connectivity index (χ2v) is 7.97. The number of carbonyl (C=O) groups is 1. The van der Waals surface area contributed by atoms with Gasteiger partial charge < -0.3 is 20.1 Å². The number of anilines is 1. The average molecular weight is 377 g/mol. The average Bonchev–Trinajstić information content (AvgIpc) is 2.68. The molecular formula is C20H32N4O3. The number of morpholine rings is 1. The van der Waals surface area contributed by atoms with Crippen LogP contribution in [0.3, 0.4) is 0 Å². The molecule has 1 aromatic rings. The zero-order chi connectivity index (χ0) is 19.3. The molecule has 1 aromatic carbocycles. The van der Waals surface area contributed by atoms with Gasteiger partial charge in [-0.15, -0.1) is 0 Å². The summed E-state index contributed by atoms with van der Waals surface area (Å²) in [5.74, 6) is 0.378. The van der Waals surface area contributed by atoms with Gasteiger partial charge in [0, 0.05) is 57.0 Å². The number of nitrogens with zero attached hydrogens (tertiary/aromatic N) is 3. The Kier molecular flexibility index (Phi) is 6.57. The maximum absolute atomic E-state index is 12.4. The minimum absolute atomic E-state index is 0.0585. The molecule has 2 fully saturated rings. The van der Waals surface area contributed by atoms with Crippen molar-refractivity contribution in [3.8, 4) is 5.75 Å². The summed E-state index contributed by atoms with van der Waals surface area (Å²) in [5, 5.41) is 12.5. The van der Waals surface area contributed by atoms with Crippen LogP contribution in [0.5, 0.6) is 5.75 Å². The summed E-state index contributed by atoms with van der Waals surface area (Å²) in [5.41, 5.74) is 1.06. The summed E-state index contributed by atoms with van der Waals surface area (Å²) >= 11 is 0. The first-order valence-corrected chi connectivity index (χ1v) is 9.80. The Morgan fingerprint density at radius 3 is 2.33 bits per heavy atom. The molecule has 0 atom stereocenters. The zero-order valence-corrected chi connectivity index (χ0v) is 16.5. The Labute approximate surface area is 161 Å². The highest BCUT2D eigenvalue weighted by Crippen LogP contribution is 2.20. The lowest BCUT2D eigenvalue weighted by Gasteiger charge is -2.41. The first-order valence-electron chi connectivity index (χ1n) is 9.80. The van der Waals surface area contributed by atoms with E-state index in [-0.39, 0.29) is 17.2 Å². The SMILES string of the molecule is CC(C)(CNC(=O)CN1CCN(c2ccc(O)cc2)CC1)N1CCOCC1. The molecule has 2 heterocycles. The lowest BCUT2D eigenvalue weighted by Crippen LogP contribution is -2.56. The molecule has 2 aliphatic rings. The van der Waals surface area contributed by atoms with E-state index in [0.29, 0.717) is 13.1 Å². The predicted molar refractivity (Wildman–Crippen MR) is 106 cm³/mol. The minimum atomic E-state index is -0.0585. The predicted octanol–water partition coefficient (Wildman–Crippen LogP) is 0.741. The van der Waals surface area contributed by atoms with Crippen molar-refractivity contribution in [1.82, 2.24) is 15.1 Å². The van der Waals surface area contributed by atoms with Gasteiger partial charge in [-0.1, -0.05) is 0 Å². The van der Waals surface area contributed by atoms with Crippen LogP contribution >= 0.6 is 0 Å². The van der Waals surface area contributed by atoms with Gasteiger partial charge in [-0.3, -0.25) is 14.6 Å². The third kappa shape index (κ3) is 5.57. The molecule has 1 amide bonds. The van der Waals surface area contributed by atoms with Crippen molar-refractivity contribution >= 4 is 11.6 Å². The standard InChI is InChI=1S/C20H32N4O3/c1-20(2,24-11-13-27-14-12-24)16-21-19(26)15-22-7-9-23(10-8-22)17-3-5-18(25)6-4-17/h3-6,25H,7-16H2,1-2H3,(H,21,26). The number of piperazine rings is 1. The van der Waals surface area contributed by atoms with Gasteiger partial charge in [0.05, 0.1) is 19.8 Å². The number of aromatic hydroxyl groups is 1. The van der Waals surface area contributed by atoms with Crippen LogP contribution in [0.1, 0.15) is 13.8 Å². The van der Waals surface area contributed by atoms with Crippen LogP contribution < -0.4 is 10.2 Å². The van der Waals surface area contributed by atoms with E-state index in [1.165, 1.54) is 0 Å². The van der Waals surface area contributed by atoms with Gasteiger partial charge in [0.15, 0.2) is 0 Å². The topological polar surface area (TPSA) is 68.3 Å². The molecule has 0 unspecified atom stereocenters.